The monoisotopic (exact) mass is 398 g/mol. The number of hydrogen-bond donors (Lipinski definition) is 0. The van der Waals surface area contributed by atoms with Crippen LogP contribution in [-0.2, 0) is 0 Å². The molecule has 148 valence electrons. The van der Waals surface area contributed by atoms with Crippen LogP contribution in [0.4, 0.5) is 0 Å². The first-order valence-corrected chi connectivity index (χ1v) is 10.2. The molecular formula is C22H26N2O3S. The van der Waals surface area contributed by atoms with Gasteiger partial charge in [0.05, 0.1) is 30.0 Å². The number of para-hydroxylation sites is 1. The summed E-state index contributed by atoms with van der Waals surface area (Å²) in [4.78, 5) is 19.4. The van der Waals surface area contributed by atoms with E-state index in [0.717, 1.165) is 15.2 Å². The van der Waals surface area contributed by atoms with Crippen molar-refractivity contribution in [1.82, 2.24) is 9.88 Å². The summed E-state index contributed by atoms with van der Waals surface area (Å²) in [6, 6.07) is 13.2. The molecule has 0 bridgehead atoms. The van der Waals surface area contributed by atoms with E-state index in [2.05, 4.69) is 18.8 Å². The van der Waals surface area contributed by atoms with Gasteiger partial charge < -0.3 is 14.4 Å². The molecule has 0 radical (unpaired) electrons. The molecule has 0 aliphatic rings. The first kappa shape index (κ1) is 20.1. The minimum Gasteiger partial charge on any atom is -0.493 e. The van der Waals surface area contributed by atoms with E-state index in [9.17, 15) is 4.79 Å². The minimum absolute atomic E-state index is 0.0829. The van der Waals surface area contributed by atoms with Crippen molar-refractivity contribution in [3.8, 4) is 11.5 Å². The van der Waals surface area contributed by atoms with Gasteiger partial charge in [0, 0.05) is 12.6 Å². The number of thiazole rings is 1. The molecule has 1 aromatic heterocycles. The molecule has 2 aromatic carbocycles. The number of carbonyl (C=O) groups is 1. The van der Waals surface area contributed by atoms with Gasteiger partial charge in [0.25, 0.3) is 5.91 Å². The van der Waals surface area contributed by atoms with Gasteiger partial charge in [0.2, 0.25) is 0 Å². The lowest BCUT2D eigenvalue weighted by molar-refractivity contribution is 0.0742. The van der Waals surface area contributed by atoms with Crippen LogP contribution < -0.4 is 9.47 Å². The van der Waals surface area contributed by atoms with Crippen LogP contribution >= 0.6 is 11.3 Å². The molecule has 0 saturated heterocycles. The van der Waals surface area contributed by atoms with Crippen LogP contribution in [0.5, 0.6) is 11.5 Å². The lowest BCUT2D eigenvalue weighted by atomic mass is 10.1. The fourth-order valence-electron chi connectivity index (χ4n) is 2.79. The Balaban J connectivity index is 1.79. The Morgan fingerprint density at radius 2 is 1.89 bits per heavy atom. The average Bonchev–Trinajstić information content (AvgIpc) is 3.14. The maximum atomic E-state index is 13.0. The van der Waals surface area contributed by atoms with Gasteiger partial charge in [-0.15, -0.1) is 11.3 Å². The van der Waals surface area contributed by atoms with Crippen LogP contribution in [0.2, 0.25) is 0 Å². The van der Waals surface area contributed by atoms with E-state index >= 15 is 0 Å². The second kappa shape index (κ2) is 8.61. The van der Waals surface area contributed by atoms with E-state index in [0.29, 0.717) is 29.6 Å². The highest BCUT2D eigenvalue weighted by molar-refractivity contribution is 7.18. The molecule has 0 aliphatic carbocycles. The molecule has 0 fully saturated rings. The van der Waals surface area contributed by atoms with Crippen molar-refractivity contribution in [2.45, 2.75) is 26.8 Å². The molecule has 28 heavy (non-hydrogen) atoms. The van der Waals surface area contributed by atoms with Crippen LogP contribution in [0.1, 0.15) is 42.2 Å². The lowest BCUT2D eigenvalue weighted by Gasteiger charge is -2.23. The smallest absolute Gasteiger partial charge is 0.254 e. The molecular weight excluding hydrogens is 372 g/mol. The van der Waals surface area contributed by atoms with Crippen molar-refractivity contribution in [3.05, 3.63) is 53.0 Å². The number of hydrogen-bond acceptors (Lipinski definition) is 5. The van der Waals surface area contributed by atoms with E-state index < -0.39 is 0 Å². The molecule has 3 aromatic rings. The van der Waals surface area contributed by atoms with Gasteiger partial charge in [0.15, 0.2) is 11.5 Å². The second-order valence-electron chi connectivity index (χ2n) is 7.18. The molecule has 1 unspecified atom stereocenters. The van der Waals surface area contributed by atoms with E-state index in [1.807, 2.05) is 31.2 Å². The quantitative estimate of drug-likeness (QED) is 0.551. The van der Waals surface area contributed by atoms with E-state index in [4.69, 9.17) is 9.47 Å². The summed E-state index contributed by atoms with van der Waals surface area (Å²) < 4.78 is 12.3. The Morgan fingerprint density at radius 3 is 2.57 bits per heavy atom. The van der Waals surface area contributed by atoms with Gasteiger partial charge in [-0.3, -0.25) is 4.79 Å². The number of carbonyl (C=O) groups excluding carboxylic acids is 1. The molecule has 0 aliphatic heterocycles. The van der Waals surface area contributed by atoms with Gasteiger partial charge in [-0.1, -0.05) is 26.0 Å². The number of rotatable bonds is 7. The minimum atomic E-state index is -0.132. The van der Waals surface area contributed by atoms with E-state index in [1.165, 1.54) is 0 Å². The maximum absolute atomic E-state index is 13.0. The molecule has 6 heteroatoms. The van der Waals surface area contributed by atoms with Crippen molar-refractivity contribution in [1.29, 1.82) is 0 Å². The molecule has 0 N–H and O–H groups in total. The van der Waals surface area contributed by atoms with Crippen molar-refractivity contribution >= 4 is 27.5 Å². The van der Waals surface area contributed by atoms with Gasteiger partial charge in [-0.05, 0) is 43.2 Å². The summed E-state index contributed by atoms with van der Waals surface area (Å²) in [7, 11) is 3.38. The van der Waals surface area contributed by atoms with Crippen LogP contribution in [0, 0.1) is 5.92 Å². The molecule has 1 atom stereocenters. The molecule has 1 heterocycles. The maximum Gasteiger partial charge on any atom is 0.254 e. The second-order valence-corrected chi connectivity index (χ2v) is 8.24. The fourth-order valence-corrected chi connectivity index (χ4v) is 3.85. The number of benzene rings is 2. The Hall–Kier alpha value is -2.60. The first-order chi connectivity index (χ1) is 13.4. The molecule has 5 nitrogen and oxygen atoms in total. The van der Waals surface area contributed by atoms with Crippen LogP contribution in [-0.4, -0.2) is 36.6 Å². The van der Waals surface area contributed by atoms with Crippen LogP contribution in [0.15, 0.2) is 42.5 Å². The third-order valence-corrected chi connectivity index (χ3v) is 5.76. The van der Waals surface area contributed by atoms with Crippen molar-refractivity contribution in [2.75, 3.05) is 20.8 Å². The normalized spacial score (nSPS) is 12.2. The molecule has 1 amide bonds. The average molecular weight is 399 g/mol. The Kier molecular flexibility index (Phi) is 6.19. The number of ether oxygens (including phenoxy) is 2. The van der Waals surface area contributed by atoms with Gasteiger partial charge >= 0.3 is 0 Å². The number of methoxy groups -OCH3 is 1. The fraction of sp³-hybridized carbons (Fsp3) is 0.364. The van der Waals surface area contributed by atoms with Gasteiger partial charge in [-0.25, -0.2) is 4.98 Å². The highest BCUT2D eigenvalue weighted by Crippen LogP contribution is 2.32. The largest absolute Gasteiger partial charge is 0.493 e. The van der Waals surface area contributed by atoms with Crippen molar-refractivity contribution in [2.24, 2.45) is 5.92 Å². The zero-order valence-electron chi connectivity index (χ0n) is 16.9. The number of amides is 1. The van der Waals surface area contributed by atoms with Gasteiger partial charge in [-0.2, -0.15) is 0 Å². The molecule has 3 rings (SSSR count). The summed E-state index contributed by atoms with van der Waals surface area (Å²) in [5.41, 5.74) is 1.52. The summed E-state index contributed by atoms with van der Waals surface area (Å²) in [5, 5.41) is 0.918. The third kappa shape index (κ3) is 4.28. The molecule has 0 spiro atoms. The summed E-state index contributed by atoms with van der Waals surface area (Å²) >= 11 is 1.62. The number of nitrogens with zero attached hydrogens (tertiary/aromatic N) is 2. The Bertz CT molecular complexity index is 934. The Morgan fingerprint density at radius 1 is 1.14 bits per heavy atom. The topological polar surface area (TPSA) is 51.7 Å². The zero-order chi connectivity index (χ0) is 20.3. The van der Waals surface area contributed by atoms with E-state index in [-0.39, 0.29) is 11.9 Å². The lowest BCUT2D eigenvalue weighted by Crippen LogP contribution is -2.29. The highest BCUT2D eigenvalue weighted by atomic mass is 32.1. The van der Waals surface area contributed by atoms with Crippen molar-refractivity contribution < 1.29 is 14.3 Å². The van der Waals surface area contributed by atoms with Crippen molar-refractivity contribution in [3.63, 3.8) is 0 Å². The third-order valence-electron chi connectivity index (χ3n) is 4.55. The summed E-state index contributed by atoms with van der Waals surface area (Å²) in [6.07, 6.45) is 0. The standard InChI is InChI=1S/C22H26N2O3S/c1-14(2)13-27-18-11-10-16(12-19(18)26-5)22(25)24(4)15(3)21-23-17-8-6-7-9-20(17)28-21/h6-12,14-15H,13H2,1-5H3. The van der Waals surface area contributed by atoms with Crippen LogP contribution in [0.25, 0.3) is 10.2 Å². The Labute approximate surface area is 169 Å². The SMILES string of the molecule is COc1cc(C(=O)N(C)C(C)c2nc3ccccc3s2)ccc1OCC(C)C. The predicted molar refractivity (Wildman–Crippen MR) is 113 cm³/mol. The van der Waals surface area contributed by atoms with Gasteiger partial charge in [0.1, 0.15) is 5.01 Å². The summed E-state index contributed by atoms with van der Waals surface area (Å²) in [6.45, 7) is 6.76. The van der Waals surface area contributed by atoms with E-state index in [1.54, 1.807) is 48.6 Å². The predicted octanol–water partition coefficient (Wildman–Crippen LogP) is 5.17. The molecule has 0 saturated carbocycles. The highest BCUT2D eigenvalue weighted by Gasteiger charge is 2.23. The summed E-state index contributed by atoms with van der Waals surface area (Å²) in [5.74, 6) is 1.54. The number of aromatic nitrogens is 1. The number of fused-ring (bicyclic) bond motifs is 1. The first-order valence-electron chi connectivity index (χ1n) is 9.34. The van der Waals surface area contributed by atoms with Crippen LogP contribution in [0.3, 0.4) is 0 Å². The zero-order valence-corrected chi connectivity index (χ0v) is 17.7.